The minimum absolute atomic E-state index is 0.165. The zero-order chi connectivity index (χ0) is 15.2. The highest BCUT2D eigenvalue weighted by molar-refractivity contribution is 7.86. The van der Waals surface area contributed by atoms with Crippen molar-refractivity contribution in [1.29, 1.82) is 0 Å². The quantitative estimate of drug-likeness (QED) is 0.593. The molecule has 1 aromatic rings. The van der Waals surface area contributed by atoms with E-state index >= 15 is 0 Å². The van der Waals surface area contributed by atoms with E-state index in [1.807, 2.05) is 0 Å². The molecule has 0 aliphatic carbocycles. The smallest absolute Gasteiger partial charge is 0.332 e. The highest BCUT2D eigenvalue weighted by Gasteiger charge is 2.11. The summed E-state index contributed by atoms with van der Waals surface area (Å²) in [4.78, 5) is 20.9. The van der Waals surface area contributed by atoms with Crippen molar-refractivity contribution in [2.24, 2.45) is 0 Å². The predicted molar refractivity (Wildman–Crippen MR) is 68.2 cm³/mol. The fourth-order valence-corrected chi connectivity index (χ4v) is 1.92. The maximum atomic E-state index is 12.8. The van der Waals surface area contributed by atoms with Crippen LogP contribution in [0.15, 0.2) is 41.3 Å². The van der Waals surface area contributed by atoms with Crippen LogP contribution in [0.1, 0.15) is 5.56 Å². The Hall–Kier alpha value is -2.22. The van der Waals surface area contributed by atoms with Gasteiger partial charge in [-0.1, -0.05) is 12.1 Å². The summed E-state index contributed by atoms with van der Waals surface area (Å²) in [6.45, 7) is 0.165. The molecule has 0 atom stereocenters. The maximum absolute atomic E-state index is 12.8. The molecule has 1 rings (SSSR count). The number of aliphatic carboxylic acids is 1. The summed E-state index contributed by atoms with van der Waals surface area (Å²) in [5, 5.41) is 10.7. The second-order valence-corrected chi connectivity index (χ2v) is 5.14. The van der Waals surface area contributed by atoms with Gasteiger partial charge in [0.15, 0.2) is 0 Å². The van der Waals surface area contributed by atoms with Gasteiger partial charge in [0.1, 0.15) is 0 Å². The molecule has 0 heterocycles. The van der Waals surface area contributed by atoms with Crippen molar-refractivity contribution in [3.63, 3.8) is 0 Å². The number of carbonyl (C=O) groups excluding carboxylic acids is 1. The van der Waals surface area contributed by atoms with Gasteiger partial charge >= 0.3 is 16.2 Å². The zero-order valence-electron chi connectivity index (χ0n) is 10.2. The Morgan fingerprint density at radius 1 is 1.30 bits per heavy atom. The van der Waals surface area contributed by atoms with Crippen LogP contribution in [0.4, 0.5) is 3.89 Å². The van der Waals surface area contributed by atoms with Gasteiger partial charge in [0.2, 0.25) is 5.91 Å². The number of amides is 1. The van der Waals surface area contributed by atoms with Crippen molar-refractivity contribution in [3.8, 4) is 0 Å². The van der Waals surface area contributed by atoms with Crippen molar-refractivity contribution in [1.82, 2.24) is 5.32 Å². The SMILES string of the molecule is O=C(O)/C=C\C(=O)NCCc1cccc(S(=O)(=O)F)c1. The summed E-state index contributed by atoms with van der Waals surface area (Å²) in [5.74, 6) is -1.82. The van der Waals surface area contributed by atoms with Gasteiger partial charge < -0.3 is 10.4 Å². The highest BCUT2D eigenvalue weighted by atomic mass is 32.3. The predicted octanol–water partition coefficient (Wildman–Crippen LogP) is 0.644. The molecule has 8 heteroatoms. The van der Waals surface area contributed by atoms with Gasteiger partial charge in [-0.3, -0.25) is 4.79 Å². The first-order valence-corrected chi connectivity index (χ1v) is 6.90. The molecule has 1 aromatic carbocycles. The summed E-state index contributed by atoms with van der Waals surface area (Å²) >= 11 is 0. The van der Waals surface area contributed by atoms with Crippen LogP contribution >= 0.6 is 0 Å². The van der Waals surface area contributed by atoms with E-state index in [1.165, 1.54) is 12.1 Å². The Labute approximate surface area is 115 Å². The van der Waals surface area contributed by atoms with Gasteiger partial charge in [0.25, 0.3) is 0 Å². The highest BCUT2D eigenvalue weighted by Crippen LogP contribution is 2.14. The van der Waals surface area contributed by atoms with Crippen molar-refractivity contribution >= 4 is 22.1 Å². The van der Waals surface area contributed by atoms with Crippen LogP contribution < -0.4 is 5.32 Å². The normalized spacial score (nSPS) is 11.4. The number of nitrogens with one attached hydrogen (secondary N) is 1. The van der Waals surface area contributed by atoms with E-state index in [1.54, 1.807) is 6.07 Å². The van der Waals surface area contributed by atoms with Gasteiger partial charge in [-0.15, -0.1) is 3.89 Å². The summed E-state index contributed by atoms with van der Waals surface area (Å²) in [6.07, 6.45) is 1.85. The van der Waals surface area contributed by atoms with Crippen molar-refractivity contribution < 1.29 is 27.0 Å². The number of halogens is 1. The lowest BCUT2D eigenvalue weighted by Gasteiger charge is -2.04. The molecule has 0 saturated carbocycles. The Kier molecular flexibility index (Phi) is 5.39. The van der Waals surface area contributed by atoms with Crippen molar-refractivity contribution in [3.05, 3.63) is 42.0 Å². The van der Waals surface area contributed by atoms with Crippen LogP contribution in [0.25, 0.3) is 0 Å². The number of rotatable bonds is 6. The molecule has 0 aliphatic rings. The Morgan fingerprint density at radius 3 is 2.60 bits per heavy atom. The van der Waals surface area contributed by atoms with E-state index in [0.29, 0.717) is 11.6 Å². The number of carboxylic acid groups (broad SMARTS) is 1. The number of benzene rings is 1. The largest absolute Gasteiger partial charge is 0.478 e. The standard InChI is InChI=1S/C12H12FNO5S/c13-20(18,19)10-3-1-2-9(8-10)6-7-14-11(15)4-5-12(16)17/h1-5,8H,6-7H2,(H,14,15)(H,16,17)/b5-4-. The molecular formula is C12H12FNO5S. The minimum atomic E-state index is -4.75. The molecule has 0 saturated heterocycles. The number of carboxylic acids is 1. The molecule has 0 fully saturated rings. The molecule has 0 aromatic heterocycles. The second-order valence-electron chi connectivity index (χ2n) is 3.80. The molecule has 20 heavy (non-hydrogen) atoms. The average Bonchev–Trinajstić information content (AvgIpc) is 2.36. The second kappa shape index (κ2) is 6.80. The molecule has 2 N–H and O–H groups in total. The third-order valence-electron chi connectivity index (χ3n) is 2.27. The van der Waals surface area contributed by atoms with Crippen LogP contribution in [0.3, 0.4) is 0 Å². The fraction of sp³-hybridized carbons (Fsp3) is 0.167. The van der Waals surface area contributed by atoms with E-state index in [-0.39, 0.29) is 13.0 Å². The van der Waals surface area contributed by atoms with Gasteiger partial charge in [-0.2, -0.15) is 8.42 Å². The van der Waals surface area contributed by atoms with Crippen LogP contribution in [-0.2, 0) is 26.2 Å². The van der Waals surface area contributed by atoms with E-state index < -0.39 is 27.0 Å². The Balaban J connectivity index is 2.55. The lowest BCUT2D eigenvalue weighted by Crippen LogP contribution is -2.23. The molecule has 0 radical (unpaired) electrons. The van der Waals surface area contributed by atoms with Crippen LogP contribution in [0.2, 0.25) is 0 Å². The van der Waals surface area contributed by atoms with Crippen LogP contribution in [-0.4, -0.2) is 31.9 Å². The molecule has 1 amide bonds. The number of hydrogen-bond donors (Lipinski definition) is 2. The summed E-state index contributed by atoms with van der Waals surface area (Å²) in [5.41, 5.74) is 0.534. The van der Waals surface area contributed by atoms with Crippen molar-refractivity contribution in [2.45, 2.75) is 11.3 Å². The Bertz CT molecular complexity index is 639. The first-order valence-electron chi connectivity index (χ1n) is 5.51. The minimum Gasteiger partial charge on any atom is -0.478 e. The number of carbonyl (C=O) groups is 2. The van der Waals surface area contributed by atoms with E-state index in [9.17, 15) is 21.9 Å². The van der Waals surface area contributed by atoms with Crippen LogP contribution in [0.5, 0.6) is 0 Å². The van der Waals surface area contributed by atoms with Gasteiger partial charge in [-0.05, 0) is 24.1 Å². The van der Waals surface area contributed by atoms with Crippen LogP contribution in [0, 0.1) is 0 Å². The number of hydrogen-bond acceptors (Lipinski definition) is 4. The summed E-state index contributed by atoms with van der Waals surface area (Å²) in [7, 11) is -4.75. The molecular weight excluding hydrogens is 289 g/mol. The molecule has 6 nitrogen and oxygen atoms in total. The average molecular weight is 301 g/mol. The monoisotopic (exact) mass is 301 g/mol. The summed E-state index contributed by atoms with van der Waals surface area (Å²) in [6, 6.07) is 5.30. The molecule has 0 spiro atoms. The van der Waals surface area contributed by atoms with E-state index in [0.717, 1.165) is 12.1 Å². The van der Waals surface area contributed by atoms with E-state index in [4.69, 9.17) is 5.11 Å². The topological polar surface area (TPSA) is 101 Å². The van der Waals surface area contributed by atoms with Gasteiger partial charge in [-0.25, -0.2) is 4.79 Å². The molecule has 0 aliphatic heterocycles. The Morgan fingerprint density at radius 2 is 2.00 bits per heavy atom. The van der Waals surface area contributed by atoms with Gasteiger partial charge in [0, 0.05) is 18.7 Å². The third kappa shape index (κ3) is 5.61. The first kappa shape index (κ1) is 15.8. The van der Waals surface area contributed by atoms with Crippen molar-refractivity contribution in [2.75, 3.05) is 6.54 Å². The van der Waals surface area contributed by atoms with E-state index in [2.05, 4.69) is 5.32 Å². The third-order valence-corrected chi connectivity index (χ3v) is 3.09. The molecule has 0 unspecified atom stereocenters. The zero-order valence-corrected chi connectivity index (χ0v) is 11.1. The first-order chi connectivity index (χ1) is 9.29. The summed E-state index contributed by atoms with van der Waals surface area (Å²) < 4.78 is 34.2. The molecule has 108 valence electrons. The van der Waals surface area contributed by atoms with Gasteiger partial charge in [0.05, 0.1) is 4.90 Å². The molecule has 0 bridgehead atoms. The lowest BCUT2D eigenvalue weighted by molar-refractivity contribution is -0.131. The fourth-order valence-electron chi connectivity index (χ4n) is 1.39. The lowest BCUT2D eigenvalue weighted by atomic mass is 10.1. The maximum Gasteiger partial charge on any atom is 0.332 e.